The lowest BCUT2D eigenvalue weighted by atomic mass is 9.97. The van der Waals surface area contributed by atoms with Crippen LogP contribution in [-0.2, 0) is 4.74 Å². The largest absolute Gasteiger partial charge is 0.444 e. The number of nitriles is 1. The van der Waals surface area contributed by atoms with E-state index in [9.17, 15) is 25.1 Å². The zero-order valence-electron chi connectivity index (χ0n) is 14.2. The number of rotatable bonds is 6. The van der Waals surface area contributed by atoms with Gasteiger partial charge in [0.1, 0.15) is 11.7 Å². The van der Waals surface area contributed by atoms with E-state index in [0.717, 1.165) is 12.1 Å². The Hall–Kier alpha value is -2.70. The van der Waals surface area contributed by atoms with Crippen molar-refractivity contribution in [1.29, 1.82) is 5.26 Å². The fraction of sp³-hybridized carbons (Fsp3) is 0.500. The van der Waals surface area contributed by atoms with E-state index >= 15 is 0 Å². The fourth-order valence-corrected chi connectivity index (χ4v) is 2.01. The number of carbonyl (C=O) groups is 1. The maximum absolute atomic E-state index is 11.5. The highest BCUT2D eigenvalue weighted by atomic mass is 16.6. The first-order valence-corrected chi connectivity index (χ1v) is 7.56. The Kier molecular flexibility index (Phi) is 6.85. The van der Waals surface area contributed by atoms with Crippen LogP contribution in [0.5, 0.6) is 0 Å². The van der Waals surface area contributed by atoms with Crippen molar-refractivity contribution in [3.8, 4) is 6.07 Å². The van der Waals surface area contributed by atoms with Gasteiger partial charge in [-0.25, -0.2) is 4.79 Å². The monoisotopic (exact) mass is 351 g/mol. The number of hydrogen-bond acceptors (Lipinski definition) is 7. The van der Waals surface area contributed by atoms with E-state index in [2.05, 4.69) is 5.32 Å². The predicted octanol–water partition coefficient (Wildman–Crippen LogP) is 1.78. The smallest absolute Gasteiger partial charge is 0.407 e. The van der Waals surface area contributed by atoms with Crippen LogP contribution in [0.1, 0.15) is 44.4 Å². The first kappa shape index (κ1) is 20.3. The fourth-order valence-electron chi connectivity index (χ4n) is 2.01. The van der Waals surface area contributed by atoms with E-state index in [4.69, 9.17) is 10.00 Å². The first-order chi connectivity index (χ1) is 11.5. The molecule has 0 fully saturated rings. The first-order valence-electron chi connectivity index (χ1n) is 7.56. The van der Waals surface area contributed by atoms with Gasteiger partial charge in [-0.3, -0.25) is 10.1 Å². The highest BCUT2D eigenvalue weighted by Crippen LogP contribution is 2.25. The second-order valence-electron chi connectivity index (χ2n) is 6.37. The van der Waals surface area contributed by atoms with Crippen molar-refractivity contribution in [2.24, 2.45) is 0 Å². The number of nitrogens with zero attached hydrogens (tertiary/aromatic N) is 2. The molecule has 0 aliphatic carbocycles. The maximum Gasteiger partial charge on any atom is 0.407 e. The standard InChI is InChI=1S/C16H21N3O6/c1-16(2,3)25-15(22)18-7-6-13(20)14(21)12-5-4-11(19(23)24)8-10(12)9-17/h4-5,8,13-14,20-21H,6-7H2,1-3H3,(H,18,22). The molecule has 1 aromatic rings. The number of aliphatic hydroxyl groups is 2. The Morgan fingerprint density at radius 1 is 1.44 bits per heavy atom. The van der Waals surface area contributed by atoms with Crippen LogP contribution in [0.25, 0.3) is 0 Å². The number of nitrogens with one attached hydrogen (secondary N) is 1. The predicted molar refractivity (Wildman–Crippen MR) is 87.6 cm³/mol. The highest BCUT2D eigenvalue weighted by Gasteiger charge is 2.23. The topological polar surface area (TPSA) is 146 Å². The van der Waals surface area contributed by atoms with Gasteiger partial charge in [0.25, 0.3) is 5.69 Å². The number of benzene rings is 1. The van der Waals surface area contributed by atoms with Gasteiger partial charge in [0.15, 0.2) is 0 Å². The molecule has 0 radical (unpaired) electrons. The molecule has 0 saturated heterocycles. The van der Waals surface area contributed by atoms with Gasteiger partial charge in [0.05, 0.1) is 22.7 Å². The summed E-state index contributed by atoms with van der Waals surface area (Å²) in [6.07, 6.45) is -3.34. The quantitative estimate of drug-likeness (QED) is 0.523. The van der Waals surface area contributed by atoms with Crippen LogP contribution in [0.4, 0.5) is 10.5 Å². The Morgan fingerprint density at radius 2 is 2.08 bits per heavy atom. The molecular formula is C16H21N3O6. The van der Waals surface area contributed by atoms with Crippen molar-refractivity contribution < 1.29 is 24.7 Å². The molecule has 1 rings (SSSR count). The number of carbonyl (C=O) groups excluding carboxylic acids is 1. The van der Waals surface area contributed by atoms with Crippen molar-refractivity contribution in [2.45, 2.75) is 45.0 Å². The molecule has 25 heavy (non-hydrogen) atoms. The summed E-state index contributed by atoms with van der Waals surface area (Å²) in [5.74, 6) is 0. The number of ether oxygens (including phenoxy) is 1. The van der Waals surface area contributed by atoms with E-state index in [0.29, 0.717) is 0 Å². The van der Waals surface area contributed by atoms with Gasteiger partial charge >= 0.3 is 6.09 Å². The Bertz CT molecular complexity index is 677. The number of non-ortho nitro benzene ring substituents is 1. The number of hydrogen-bond donors (Lipinski definition) is 3. The van der Waals surface area contributed by atoms with Gasteiger partial charge in [-0.15, -0.1) is 0 Å². The molecule has 0 aliphatic rings. The van der Waals surface area contributed by atoms with Crippen LogP contribution >= 0.6 is 0 Å². The minimum atomic E-state index is -1.42. The zero-order valence-corrected chi connectivity index (χ0v) is 14.2. The van der Waals surface area contributed by atoms with E-state index < -0.39 is 28.8 Å². The number of amides is 1. The average molecular weight is 351 g/mol. The highest BCUT2D eigenvalue weighted by molar-refractivity contribution is 5.67. The van der Waals surface area contributed by atoms with E-state index in [1.165, 1.54) is 6.07 Å². The molecule has 0 aliphatic heterocycles. The molecule has 3 N–H and O–H groups in total. The number of alkyl carbamates (subject to hydrolysis) is 1. The van der Waals surface area contributed by atoms with Crippen LogP contribution in [0.2, 0.25) is 0 Å². The Balaban J connectivity index is 2.68. The van der Waals surface area contributed by atoms with Crippen LogP contribution in [0.15, 0.2) is 18.2 Å². The molecule has 0 saturated carbocycles. The molecule has 9 nitrogen and oxygen atoms in total. The third kappa shape index (κ3) is 6.37. The second kappa shape index (κ2) is 8.41. The molecule has 2 unspecified atom stereocenters. The average Bonchev–Trinajstić information content (AvgIpc) is 2.51. The molecule has 0 aromatic heterocycles. The molecule has 136 valence electrons. The lowest BCUT2D eigenvalue weighted by molar-refractivity contribution is -0.384. The molecule has 2 atom stereocenters. The summed E-state index contributed by atoms with van der Waals surface area (Å²) in [5, 5.41) is 42.4. The molecule has 0 spiro atoms. The van der Waals surface area contributed by atoms with Gasteiger partial charge in [-0.05, 0) is 33.3 Å². The number of nitro groups is 1. The van der Waals surface area contributed by atoms with Gasteiger partial charge in [-0.1, -0.05) is 0 Å². The summed E-state index contributed by atoms with van der Waals surface area (Å²) in [4.78, 5) is 21.6. The summed E-state index contributed by atoms with van der Waals surface area (Å²) in [7, 11) is 0. The van der Waals surface area contributed by atoms with Crippen LogP contribution in [-0.4, -0.2) is 39.5 Å². The molecular weight excluding hydrogens is 330 g/mol. The summed E-state index contributed by atoms with van der Waals surface area (Å²) in [6, 6.07) is 5.17. The van der Waals surface area contributed by atoms with Gasteiger partial charge in [-0.2, -0.15) is 5.26 Å². The van der Waals surface area contributed by atoms with Crippen LogP contribution in [0, 0.1) is 21.4 Å². The summed E-state index contributed by atoms with van der Waals surface area (Å²) < 4.78 is 5.04. The SMILES string of the molecule is CC(C)(C)OC(=O)NCCC(O)C(O)c1ccc([N+](=O)[O-])cc1C#N. The maximum atomic E-state index is 11.5. The van der Waals surface area contributed by atoms with Gasteiger partial charge in [0, 0.05) is 24.2 Å². The van der Waals surface area contributed by atoms with E-state index in [-0.39, 0.29) is 29.8 Å². The minimum absolute atomic E-state index is 0.00225. The van der Waals surface area contributed by atoms with Crippen molar-refractivity contribution in [3.63, 3.8) is 0 Å². The third-order valence-electron chi connectivity index (χ3n) is 3.16. The summed E-state index contributed by atoms with van der Waals surface area (Å²) in [5.41, 5.74) is -0.949. The van der Waals surface area contributed by atoms with Crippen LogP contribution in [0.3, 0.4) is 0 Å². The second-order valence-corrected chi connectivity index (χ2v) is 6.37. The van der Waals surface area contributed by atoms with Crippen molar-refractivity contribution in [3.05, 3.63) is 39.4 Å². The molecule has 9 heteroatoms. The van der Waals surface area contributed by atoms with Crippen molar-refractivity contribution in [1.82, 2.24) is 5.32 Å². The van der Waals surface area contributed by atoms with E-state index in [1.807, 2.05) is 0 Å². The zero-order chi connectivity index (χ0) is 19.2. The molecule has 1 aromatic carbocycles. The molecule has 1 amide bonds. The Labute approximate surface area is 145 Å². The minimum Gasteiger partial charge on any atom is -0.444 e. The third-order valence-corrected chi connectivity index (χ3v) is 3.16. The van der Waals surface area contributed by atoms with Crippen molar-refractivity contribution >= 4 is 11.8 Å². The number of aliphatic hydroxyl groups excluding tert-OH is 2. The lowest BCUT2D eigenvalue weighted by Gasteiger charge is -2.21. The van der Waals surface area contributed by atoms with Gasteiger partial charge in [0.2, 0.25) is 0 Å². The Morgan fingerprint density at radius 3 is 2.60 bits per heavy atom. The summed E-state index contributed by atoms with van der Waals surface area (Å²) >= 11 is 0. The molecule has 0 heterocycles. The van der Waals surface area contributed by atoms with Gasteiger partial charge < -0.3 is 20.3 Å². The normalized spacial score (nSPS) is 13.4. The van der Waals surface area contributed by atoms with Crippen molar-refractivity contribution in [2.75, 3.05) is 6.54 Å². The number of nitro benzene ring substituents is 1. The van der Waals surface area contributed by atoms with Crippen LogP contribution < -0.4 is 5.32 Å². The molecule has 0 bridgehead atoms. The lowest BCUT2D eigenvalue weighted by Crippen LogP contribution is -2.34. The summed E-state index contributed by atoms with van der Waals surface area (Å²) in [6.45, 7) is 5.18. The van der Waals surface area contributed by atoms with E-state index in [1.54, 1.807) is 26.8 Å².